The Morgan fingerprint density at radius 3 is 0.885 bits per heavy atom. The van der Waals surface area contributed by atoms with Crippen LogP contribution in [0.2, 0.25) is 0 Å². The number of hydrogen-bond donors (Lipinski definition) is 1. The summed E-state index contributed by atoms with van der Waals surface area (Å²) in [5.41, 5.74) is 0. The van der Waals surface area contributed by atoms with Crippen molar-refractivity contribution in [3.8, 4) is 0 Å². The summed E-state index contributed by atoms with van der Waals surface area (Å²) in [4.78, 5) is 24.4. The number of aliphatic hydroxyl groups excluding tert-OH is 1. The van der Waals surface area contributed by atoms with Crippen LogP contribution in [0.3, 0.4) is 0 Å². The van der Waals surface area contributed by atoms with Crippen molar-refractivity contribution >= 4 is 11.9 Å². The van der Waals surface area contributed by atoms with Crippen LogP contribution < -0.4 is 0 Å². The molecule has 0 aromatic heterocycles. The molecule has 0 spiro atoms. The average molecular weight is 859 g/mol. The van der Waals surface area contributed by atoms with E-state index in [-0.39, 0.29) is 25.2 Å². The molecule has 0 amide bonds. The van der Waals surface area contributed by atoms with Crippen LogP contribution in [0.4, 0.5) is 0 Å². The van der Waals surface area contributed by atoms with E-state index in [1.54, 1.807) is 0 Å². The number of esters is 2. The molecule has 0 radical (unpaired) electrons. The van der Waals surface area contributed by atoms with Crippen molar-refractivity contribution in [2.75, 3.05) is 13.2 Å². The molecule has 0 aromatic carbocycles. The SMILES string of the molecule is CCCCCCCCC/C=C\CCCCCCCC(=O)OCC(CO)OC(=O)CCCCCCCCCCCCCCCCCCCCC/C=C\CCCCCCCCCC. The molecule has 0 rings (SSSR count). The van der Waals surface area contributed by atoms with Crippen molar-refractivity contribution in [1.29, 1.82) is 0 Å². The number of unbranched alkanes of at least 4 members (excludes halogenated alkanes) is 39. The van der Waals surface area contributed by atoms with E-state index >= 15 is 0 Å². The Hall–Kier alpha value is -1.62. The number of carbonyl (C=O) groups excluding carboxylic acids is 2. The highest BCUT2D eigenvalue weighted by Gasteiger charge is 2.16. The first kappa shape index (κ1) is 59.4. The van der Waals surface area contributed by atoms with Gasteiger partial charge in [0.15, 0.2) is 6.10 Å². The Morgan fingerprint density at radius 2 is 0.607 bits per heavy atom. The molecule has 5 heteroatoms. The molecule has 0 aliphatic carbocycles. The van der Waals surface area contributed by atoms with Gasteiger partial charge in [-0.1, -0.05) is 250 Å². The van der Waals surface area contributed by atoms with Crippen LogP contribution >= 0.6 is 0 Å². The van der Waals surface area contributed by atoms with E-state index in [9.17, 15) is 14.7 Å². The fraction of sp³-hybridized carbons (Fsp3) is 0.893. The molecule has 0 bridgehead atoms. The van der Waals surface area contributed by atoms with E-state index in [0.29, 0.717) is 12.8 Å². The van der Waals surface area contributed by atoms with Gasteiger partial charge in [-0.05, 0) is 64.2 Å². The van der Waals surface area contributed by atoms with Crippen LogP contribution in [0.5, 0.6) is 0 Å². The first-order valence-electron chi connectivity index (χ1n) is 27.4. The van der Waals surface area contributed by atoms with E-state index in [1.165, 1.54) is 231 Å². The summed E-state index contributed by atoms with van der Waals surface area (Å²) < 4.78 is 10.7. The zero-order valence-corrected chi connectivity index (χ0v) is 41.2. The molecule has 0 aliphatic rings. The molecule has 61 heavy (non-hydrogen) atoms. The van der Waals surface area contributed by atoms with Crippen molar-refractivity contribution in [2.24, 2.45) is 0 Å². The highest BCUT2D eigenvalue weighted by Crippen LogP contribution is 2.17. The minimum absolute atomic E-state index is 0.0650. The molecule has 0 saturated carbocycles. The summed E-state index contributed by atoms with van der Waals surface area (Å²) in [7, 11) is 0. The standard InChI is InChI=1S/C56H106O5/c1-3-5-7-9-11-13-15-17-19-21-22-23-24-25-26-27-28-29-30-31-32-33-34-35-37-39-41-43-45-47-49-51-56(59)61-54(52-57)53-60-55(58)50-48-46-44-42-40-38-36-20-18-16-14-12-10-8-6-4-2/h20-22,36,54,57H,3-19,23-35,37-53H2,1-2H3/b22-21-,36-20-. The van der Waals surface area contributed by atoms with Crippen molar-refractivity contribution < 1.29 is 24.2 Å². The first-order valence-corrected chi connectivity index (χ1v) is 27.4. The maximum atomic E-state index is 12.3. The molecular formula is C56H106O5. The maximum absolute atomic E-state index is 12.3. The Balaban J connectivity index is 3.41. The third kappa shape index (κ3) is 50.9. The van der Waals surface area contributed by atoms with Gasteiger partial charge in [0.2, 0.25) is 0 Å². The Kier molecular flexibility index (Phi) is 51.3. The second-order valence-corrected chi connectivity index (χ2v) is 18.7. The van der Waals surface area contributed by atoms with Crippen molar-refractivity contribution in [1.82, 2.24) is 0 Å². The Labute approximate surface area is 381 Å². The van der Waals surface area contributed by atoms with Gasteiger partial charge in [-0.3, -0.25) is 9.59 Å². The Morgan fingerprint density at radius 1 is 0.361 bits per heavy atom. The highest BCUT2D eigenvalue weighted by molar-refractivity contribution is 5.70. The molecule has 0 saturated heterocycles. The molecule has 1 atom stereocenters. The van der Waals surface area contributed by atoms with E-state index in [2.05, 4.69) is 38.2 Å². The molecule has 5 nitrogen and oxygen atoms in total. The van der Waals surface area contributed by atoms with Crippen LogP contribution in [-0.2, 0) is 19.1 Å². The predicted molar refractivity (Wildman–Crippen MR) is 265 cm³/mol. The molecule has 0 aliphatic heterocycles. The van der Waals surface area contributed by atoms with E-state index in [0.717, 1.165) is 44.9 Å². The smallest absolute Gasteiger partial charge is 0.306 e. The van der Waals surface area contributed by atoms with Gasteiger partial charge >= 0.3 is 11.9 Å². The number of rotatable bonds is 51. The highest BCUT2D eigenvalue weighted by atomic mass is 16.6. The molecule has 0 fully saturated rings. The first-order chi connectivity index (χ1) is 30.1. The van der Waals surface area contributed by atoms with Crippen LogP contribution in [0, 0.1) is 0 Å². The van der Waals surface area contributed by atoms with Crippen LogP contribution in [0.25, 0.3) is 0 Å². The van der Waals surface area contributed by atoms with Gasteiger partial charge < -0.3 is 14.6 Å². The summed E-state index contributed by atoms with van der Waals surface area (Å²) >= 11 is 0. The summed E-state index contributed by atoms with van der Waals surface area (Å²) in [5.74, 6) is -0.584. The second kappa shape index (κ2) is 52.7. The Bertz CT molecular complexity index is 928. The van der Waals surface area contributed by atoms with Gasteiger partial charge in [0.25, 0.3) is 0 Å². The van der Waals surface area contributed by atoms with E-state index in [1.807, 2.05) is 0 Å². The zero-order valence-electron chi connectivity index (χ0n) is 41.2. The summed E-state index contributed by atoms with van der Waals surface area (Å²) in [5, 5.41) is 9.63. The van der Waals surface area contributed by atoms with Gasteiger partial charge in [0.05, 0.1) is 6.61 Å². The largest absolute Gasteiger partial charge is 0.462 e. The fourth-order valence-electron chi connectivity index (χ4n) is 8.31. The van der Waals surface area contributed by atoms with Gasteiger partial charge in [-0.25, -0.2) is 0 Å². The predicted octanol–water partition coefficient (Wildman–Crippen LogP) is 18.1. The molecule has 1 unspecified atom stereocenters. The molecule has 0 heterocycles. The third-order valence-electron chi connectivity index (χ3n) is 12.5. The lowest BCUT2D eigenvalue weighted by Gasteiger charge is -2.15. The summed E-state index contributed by atoms with van der Waals surface area (Å²) in [6.07, 6.45) is 65.8. The van der Waals surface area contributed by atoms with Crippen LogP contribution in [-0.4, -0.2) is 36.4 Å². The monoisotopic (exact) mass is 859 g/mol. The third-order valence-corrected chi connectivity index (χ3v) is 12.5. The quantitative estimate of drug-likeness (QED) is 0.0375. The van der Waals surface area contributed by atoms with Crippen LogP contribution in [0.1, 0.15) is 303 Å². The van der Waals surface area contributed by atoms with Crippen molar-refractivity contribution in [3.05, 3.63) is 24.3 Å². The van der Waals surface area contributed by atoms with Crippen molar-refractivity contribution in [2.45, 2.75) is 309 Å². The summed E-state index contributed by atoms with van der Waals surface area (Å²) in [6.45, 7) is 4.17. The van der Waals surface area contributed by atoms with Crippen molar-refractivity contribution in [3.63, 3.8) is 0 Å². The zero-order chi connectivity index (χ0) is 44.2. The molecular weight excluding hydrogens is 753 g/mol. The number of carbonyl (C=O) groups is 2. The lowest BCUT2D eigenvalue weighted by molar-refractivity contribution is -0.161. The molecule has 1 N–H and O–H groups in total. The number of allylic oxidation sites excluding steroid dienone is 4. The lowest BCUT2D eigenvalue weighted by atomic mass is 10.0. The normalized spacial score (nSPS) is 12.2. The summed E-state index contributed by atoms with van der Waals surface area (Å²) in [6, 6.07) is 0. The van der Waals surface area contributed by atoms with Crippen LogP contribution in [0.15, 0.2) is 24.3 Å². The number of aliphatic hydroxyl groups is 1. The fourth-order valence-corrected chi connectivity index (χ4v) is 8.31. The number of hydrogen-bond acceptors (Lipinski definition) is 5. The topological polar surface area (TPSA) is 72.8 Å². The van der Waals surface area contributed by atoms with Gasteiger partial charge in [0.1, 0.15) is 6.61 Å². The van der Waals surface area contributed by atoms with Gasteiger partial charge in [-0.2, -0.15) is 0 Å². The van der Waals surface area contributed by atoms with Gasteiger partial charge in [0, 0.05) is 12.8 Å². The van der Waals surface area contributed by atoms with E-state index in [4.69, 9.17) is 9.47 Å². The number of ether oxygens (including phenoxy) is 2. The molecule has 360 valence electrons. The minimum atomic E-state index is -0.771. The molecule has 0 aromatic rings. The lowest BCUT2D eigenvalue weighted by Crippen LogP contribution is -2.28. The maximum Gasteiger partial charge on any atom is 0.306 e. The second-order valence-electron chi connectivity index (χ2n) is 18.7. The minimum Gasteiger partial charge on any atom is -0.462 e. The average Bonchev–Trinajstić information content (AvgIpc) is 3.26. The van der Waals surface area contributed by atoms with E-state index < -0.39 is 6.10 Å². The van der Waals surface area contributed by atoms with Gasteiger partial charge in [-0.15, -0.1) is 0 Å².